The predicted molar refractivity (Wildman–Crippen MR) is 44.1 cm³/mol. The van der Waals surface area contributed by atoms with E-state index in [0.717, 1.165) is 0 Å². The summed E-state index contributed by atoms with van der Waals surface area (Å²) in [5, 5.41) is 71.5. The Balaban J connectivity index is -0.0000000579. The molecule has 0 aliphatic rings. The van der Waals surface area contributed by atoms with Gasteiger partial charge in [0.1, 0.15) is 24.4 Å². The van der Waals surface area contributed by atoms with Crippen molar-refractivity contribution in [2.45, 2.75) is 24.4 Å². The second-order valence-corrected chi connectivity index (χ2v) is 3.06. The fourth-order valence-electron chi connectivity index (χ4n) is 0.516. The molecule has 16 heteroatoms. The van der Waals surface area contributed by atoms with Crippen LogP contribution in [-0.2, 0) is 19.2 Å². The van der Waals surface area contributed by atoms with Gasteiger partial charge in [-0.25, -0.2) is 0 Å². The Bertz CT molecular complexity index is 319. The van der Waals surface area contributed by atoms with Crippen molar-refractivity contribution in [1.29, 1.82) is 0 Å². The fraction of sp³-hybridized carbons (Fsp3) is 0.500. The summed E-state index contributed by atoms with van der Waals surface area (Å²) in [5.41, 5.74) is 0. The van der Waals surface area contributed by atoms with Crippen LogP contribution in [0.25, 0.3) is 0 Å². The molecule has 4 N–H and O–H groups in total. The van der Waals surface area contributed by atoms with Crippen molar-refractivity contribution in [2.75, 3.05) is 0 Å². The van der Waals surface area contributed by atoms with Gasteiger partial charge in [-0.2, -0.15) is 0 Å². The third-order valence-corrected chi connectivity index (χ3v) is 1.56. The quantitative estimate of drug-likeness (QED) is 0.333. The van der Waals surface area contributed by atoms with Gasteiger partial charge in [-0.15, -0.1) is 0 Å². The molecule has 0 radical (unpaired) electrons. The molecule has 116 valence electrons. The number of aliphatic carboxylic acids is 4. The van der Waals surface area contributed by atoms with Crippen molar-refractivity contribution in [3.63, 3.8) is 0 Å². The van der Waals surface area contributed by atoms with Gasteiger partial charge in [0.25, 0.3) is 0 Å². The average Bonchev–Trinajstić information content (AvgIpc) is 2.35. The van der Waals surface area contributed by atoms with Crippen LogP contribution < -0.4 is 95.9 Å². The van der Waals surface area contributed by atoms with Crippen LogP contribution in [0.15, 0.2) is 0 Å². The molecule has 24 heavy (non-hydrogen) atoms. The van der Waals surface area contributed by atoms with Crippen molar-refractivity contribution in [3.05, 3.63) is 0 Å². The number of carboxylic acids is 4. The minimum Gasteiger partial charge on any atom is -0.547 e. The van der Waals surface area contributed by atoms with Crippen LogP contribution in [0, 0.1) is 0 Å². The van der Waals surface area contributed by atoms with E-state index in [9.17, 15) is 39.6 Å². The molecule has 0 fully saturated rings. The molecule has 0 bridgehead atoms. The van der Waals surface area contributed by atoms with Gasteiger partial charge in [-0.1, -0.05) is 0 Å². The first-order valence-corrected chi connectivity index (χ1v) is 4.49. The van der Waals surface area contributed by atoms with Crippen LogP contribution in [0.2, 0.25) is 0 Å². The number of carbonyl (C=O) groups is 4. The fourth-order valence-corrected chi connectivity index (χ4v) is 0.516. The second-order valence-electron chi connectivity index (χ2n) is 3.06. The van der Waals surface area contributed by atoms with E-state index in [4.69, 9.17) is 20.4 Å². The Morgan fingerprint density at radius 3 is 0.583 bits per heavy atom. The molecular weight excluding hydrogens is 316 g/mol. The topological polar surface area (TPSA) is 241 Å². The number of carboxylic acid groups (broad SMARTS) is 4. The van der Waals surface area contributed by atoms with Gasteiger partial charge in [0.2, 0.25) is 0 Å². The number of aliphatic hydroxyl groups excluding tert-OH is 4. The molecular formula is C8H8Li4O12. The molecule has 0 saturated heterocycles. The van der Waals surface area contributed by atoms with E-state index in [1.54, 1.807) is 0 Å². The summed E-state index contributed by atoms with van der Waals surface area (Å²) in [6.07, 6.45) is -9.76. The minimum absolute atomic E-state index is 0. The Morgan fingerprint density at radius 1 is 0.458 bits per heavy atom. The zero-order valence-corrected chi connectivity index (χ0v) is 13.4. The monoisotopic (exact) mass is 324 g/mol. The third kappa shape index (κ3) is 16.9. The molecule has 0 saturated carbocycles. The number of hydrogen-bond acceptors (Lipinski definition) is 12. The van der Waals surface area contributed by atoms with Crippen LogP contribution in [0.5, 0.6) is 0 Å². The first-order chi connectivity index (χ1) is 8.93. The summed E-state index contributed by atoms with van der Waals surface area (Å²) in [7, 11) is 0. The van der Waals surface area contributed by atoms with Crippen molar-refractivity contribution >= 4 is 23.9 Å². The van der Waals surface area contributed by atoms with Gasteiger partial charge >= 0.3 is 75.4 Å². The summed E-state index contributed by atoms with van der Waals surface area (Å²) < 4.78 is 0. The van der Waals surface area contributed by atoms with E-state index < -0.39 is 48.3 Å². The van der Waals surface area contributed by atoms with Crippen LogP contribution in [0.4, 0.5) is 0 Å². The molecule has 4 atom stereocenters. The summed E-state index contributed by atoms with van der Waals surface area (Å²) >= 11 is 0. The van der Waals surface area contributed by atoms with E-state index in [1.165, 1.54) is 0 Å². The smallest absolute Gasteiger partial charge is 0.547 e. The zero-order chi connectivity index (χ0) is 16.6. The average molecular weight is 324 g/mol. The third-order valence-electron chi connectivity index (χ3n) is 1.56. The van der Waals surface area contributed by atoms with Gasteiger partial charge in [0.15, 0.2) is 0 Å². The molecule has 0 unspecified atom stereocenters. The summed E-state index contributed by atoms with van der Waals surface area (Å²) in [6, 6.07) is 0. The van der Waals surface area contributed by atoms with Crippen LogP contribution in [0.3, 0.4) is 0 Å². The summed E-state index contributed by atoms with van der Waals surface area (Å²) in [4.78, 5) is 38.5. The van der Waals surface area contributed by atoms with Crippen molar-refractivity contribution in [1.82, 2.24) is 0 Å². The van der Waals surface area contributed by atoms with E-state index in [-0.39, 0.29) is 75.4 Å². The Hall–Kier alpha value is 0.110. The molecule has 0 aliphatic heterocycles. The van der Waals surface area contributed by atoms with Gasteiger partial charge in [0, 0.05) is 0 Å². The maximum absolute atomic E-state index is 9.63. The van der Waals surface area contributed by atoms with Crippen molar-refractivity contribution < 1.29 is 135 Å². The first-order valence-electron chi connectivity index (χ1n) is 4.49. The number of rotatable bonds is 6. The number of hydrogen-bond donors (Lipinski definition) is 4. The number of carbonyl (C=O) groups excluding carboxylic acids is 4. The van der Waals surface area contributed by atoms with Crippen molar-refractivity contribution in [2.24, 2.45) is 0 Å². The Labute approximate surface area is 182 Å². The summed E-state index contributed by atoms with van der Waals surface area (Å²) in [5.74, 6) is -8.23. The van der Waals surface area contributed by atoms with E-state index in [0.29, 0.717) is 0 Å². The maximum Gasteiger partial charge on any atom is 1.00 e. The van der Waals surface area contributed by atoms with Crippen molar-refractivity contribution in [3.8, 4) is 0 Å². The molecule has 0 heterocycles. The molecule has 0 aromatic carbocycles. The maximum atomic E-state index is 9.63. The predicted octanol–water partition coefficient (Wildman–Crippen LogP) is -21.6. The minimum atomic E-state index is -2.44. The molecule has 0 aromatic heterocycles. The van der Waals surface area contributed by atoms with E-state index in [1.807, 2.05) is 0 Å². The largest absolute Gasteiger partial charge is 1.00 e. The van der Waals surface area contributed by atoms with Gasteiger partial charge in [-0.3, -0.25) is 0 Å². The SMILES string of the molecule is O=C([O-])[C@@H](O)[C@H](O)C(=O)[O-].O=C([O-])[C@@H](O)[C@H](O)C(=O)[O-].[Li+].[Li+].[Li+].[Li+]. The van der Waals surface area contributed by atoms with Gasteiger partial charge in [-0.05, 0) is 0 Å². The zero-order valence-electron chi connectivity index (χ0n) is 13.4. The Kier molecular flexibility index (Phi) is 31.8. The molecule has 0 aliphatic carbocycles. The first kappa shape index (κ1) is 39.3. The van der Waals surface area contributed by atoms with Gasteiger partial charge < -0.3 is 60.0 Å². The van der Waals surface area contributed by atoms with Crippen LogP contribution in [-0.4, -0.2) is 68.7 Å². The van der Waals surface area contributed by atoms with Gasteiger partial charge in [0.05, 0.1) is 23.9 Å². The standard InChI is InChI=1S/2C4H6O6.4Li/c2*5-1(3(7)8)2(6)4(9)10;;;;/h2*1-2,5-6H,(H,7,8)(H,9,10);;;;/q;;4*+1/p-4/t2*1-,2-;;;;/m00..../s1. The molecule has 0 aromatic rings. The van der Waals surface area contributed by atoms with E-state index in [2.05, 4.69) is 0 Å². The summed E-state index contributed by atoms with van der Waals surface area (Å²) in [6.45, 7) is 0. The molecule has 0 spiro atoms. The molecule has 0 rings (SSSR count). The number of aliphatic hydroxyl groups is 4. The van der Waals surface area contributed by atoms with Crippen LogP contribution in [0.1, 0.15) is 0 Å². The molecule has 12 nitrogen and oxygen atoms in total. The second kappa shape index (κ2) is 19.4. The Morgan fingerprint density at radius 2 is 0.542 bits per heavy atom. The van der Waals surface area contributed by atoms with Crippen LogP contribution >= 0.6 is 0 Å². The molecule has 0 amide bonds. The normalized spacial score (nSPS) is 13.2. The van der Waals surface area contributed by atoms with E-state index >= 15 is 0 Å².